The highest BCUT2D eigenvalue weighted by Gasteiger charge is 2.54. The lowest BCUT2D eigenvalue weighted by molar-refractivity contribution is -0.134. The number of hydrogen-bond acceptors (Lipinski definition) is 5. The molecule has 1 aromatic heterocycles. The first kappa shape index (κ1) is 17.2. The van der Waals surface area contributed by atoms with Gasteiger partial charge in [-0.15, -0.1) is 11.3 Å². The van der Waals surface area contributed by atoms with Crippen molar-refractivity contribution in [1.29, 1.82) is 5.26 Å². The number of hydrogen-bond donors (Lipinski definition) is 2. The van der Waals surface area contributed by atoms with Crippen LogP contribution in [0.1, 0.15) is 28.8 Å². The molecule has 7 nitrogen and oxygen atoms in total. The predicted molar refractivity (Wildman–Crippen MR) is 99.0 cm³/mol. The number of amides is 4. The number of carbonyl (C=O) groups excluding carboxylic acids is 3. The SMILES string of the molecule is N#Cc1cccc(NC(=O)CN2C(=O)NC3(CCCc4sccc43)C2=O)c1. The van der Waals surface area contributed by atoms with Gasteiger partial charge in [-0.1, -0.05) is 6.07 Å². The summed E-state index contributed by atoms with van der Waals surface area (Å²) in [6.07, 6.45) is 2.23. The number of carbonyl (C=O) groups is 3. The zero-order chi connectivity index (χ0) is 19.0. The molecule has 0 radical (unpaired) electrons. The number of thiophene rings is 1. The Labute approximate surface area is 159 Å². The summed E-state index contributed by atoms with van der Waals surface area (Å²) in [5, 5.41) is 16.3. The first-order valence-corrected chi connectivity index (χ1v) is 9.42. The summed E-state index contributed by atoms with van der Waals surface area (Å²) in [5.41, 5.74) is 0.653. The van der Waals surface area contributed by atoms with Crippen LogP contribution in [0.4, 0.5) is 10.5 Å². The topological polar surface area (TPSA) is 102 Å². The molecule has 1 unspecified atom stereocenters. The molecule has 2 N–H and O–H groups in total. The molecular weight excluding hydrogens is 364 g/mol. The van der Waals surface area contributed by atoms with Crippen molar-refractivity contribution in [1.82, 2.24) is 10.2 Å². The van der Waals surface area contributed by atoms with Gasteiger partial charge in [0.25, 0.3) is 5.91 Å². The molecule has 1 aromatic carbocycles. The number of nitriles is 1. The van der Waals surface area contributed by atoms with Crippen LogP contribution in [0.5, 0.6) is 0 Å². The summed E-state index contributed by atoms with van der Waals surface area (Å²) in [6, 6.07) is 9.77. The molecule has 1 atom stereocenters. The van der Waals surface area contributed by atoms with E-state index in [0.717, 1.165) is 28.2 Å². The van der Waals surface area contributed by atoms with Crippen LogP contribution >= 0.6 is 11.3 Å². The smallest absolute Gasteiger partial charge is 0.324 e. The number of fused-ring (bicyclic) bond motifs is 2. The Balaban J connectivity index is 1.52. The number of imide groups is 1. The molecule has 136 valence electrons. The van der Waals surface area contributed by atoms with Gasteiger partial charge in [0.1, 0.15) is 12.1 Å². The largest absolute Gasteiger partial charge is 0.325 e. The molecular formula is C19H16N4O3S. The Kier molecular flexibility index (Phi) is 4.16. The normalized spacial score (nSPS) is 20.9. The van der Waals surface area contributed by atoms with Gasteiger partial charge >= 0.3 is 6.03 Å². The maximum absolute atomic E-state index is 13.1. The number of aryl methyl sites for hydroxylation is 1. The highest BCUT2D eigenvalue weighted by atomic mass is 32.1. The fraction of sp³-hybridized carbons (Fsp3) is 0.263. The number of nitrogens with zero attached hydrogens (tertiary/aromatic N) is 2. The molecule has 1 saturated heterocycles. The van der Waals surface area contributed by atoms with Gasteiger partial charge in [0.05, 0.1) is 11.6 Å². The van der Waals surface area contributed by atoms with Crippen LogP contribution in [0.15, 0.2) is 35.7 Å². The third-order valence-electron chi connectivity index (χ3n) is 4.91. The quantitative estimate of drug-likeness (QED) is 0.798. The van der Waals surface area contributed by atoms with E-state index in [0.29, 0.717) is 17.7 Å². The lowest BCUT2D eigenvalue weighted by Gasteiger charge is -2.31. The van der Waals surface area contributed by atoms with E-state index in [1.165, 1.54) is 6.07 Å². The number of benzene rings is 1. The first-order valence-electron chi connectivity index (χ1n) is 8.54. The van der Waals surface area contributed by atoms with Crippen LogP contribution in [0.25, 0.3) is 0 Å². The van der Waals surface area contributed by atoms with E-state index in [1.807, 2.05) is 17.5 Å². The van der Waals surface area contributed by atoms with Crippen LogP contribution < -0.4 is 10.6 Å². The van der Waals surface area contributed by atoms with Gasteiger partial charge in [0.2, 0.25) is 5.91 Å². The summed E-state index contributed by atoms with van der Waals surface area (Å²) in [7, 11) is 0. The van der Waals surface area contributed by atoms with E-state index in [4.69, 9.17) is 5.26 Å². The van der Waals surface area contributed by atoms with E-state index in [-0.39, 0.29) is 12.5 Å². The summed E-state index contributed by atoms with van der Waals surface area (Å²) in [5.74, 6) is -0.875. The summed E-state index contributed by atoms with van der Waals surface area (Å²) >= 11 is 1.58. The second kappa shape index (κ2) is 6.52. The van der Waals surface area contributed by atoms with Crippen molar-refractivity contribution in [2.45, 2.75) is 24.8 Å². The molecule has 1 aliphatic heterocycles. The Bertz CT molecular complexity index is 993. The fourth-order valence-corrected chi connectivity index (χ4v) is 4.70. The van der Waals surface area contributed by atoms with Crippen molar-refractivity contribution in [3.63, 3.8) is 0 Å². The Hall–Kier alpha value is -3.18. The lowest BCUT2D eigenvalue weighted by Crippen LogP contribution is -2.46. The molecule has 4 amide bonds. The highest BCUT2D eigenvalue weighted by molar-refractivity contribution is 7.10. The second-order valence-corrected chi connectivity index (χ2v) is 7.58. The first-order chi connectivity index (χ1) is 13.0. The molecule has 8 heteroatoms. The van der Waals surface area contributed by atoms with Crippen molar-refractivity contribution in [2.75, 3.05) is 11.9 Å². The molecule has 2 aliphatic rings. The standard InChI is InChI=1S/C19H16N4O3S/c20-10-12-3-1-4-13(9-12)21-16(24)11-23-17(25)19(22-18(23)26)7-2-5-15-14(19)6-8-27-15/h1,3-4,6,8-9H,2,5,7,11H2,(H,21,24)(H,22,26). The van der Waals surface area contributed by atoms with Crippen LogP contribution in [0.2, 0.25) is 0 Å². The second-order valence-electron chi connectivity index (χ2n) is 6.58. The van der Waals surface area contributed by atoms with Gasteiger partial charge in [-0.25, -0.2) is 4.79 Å². The summed E-state index contributed by atoms with van der Waals surface area (Å²) in [4.78, 5) is 40.0. The lowest BCUT2D eigenvalue weighted by atomic mass is 9.80. The van der Waals surface area contributed by atoms with Crippen LogP contribution in [-0.2, 0) is 21.5 Å². The molecule has 1 fully saturated rings. The third kappa shape index (κ3) is 2.86. The van der Waals surface area contributed by atoms with Crippen molar-refractivity contribution in [2.24, 2.45) is 0 Å². The Morgan fingerprint density at radius 3 is 3.04 bits per heavy atom. The number of anilines is 1. The minimum Gasteiger partial charge on any atom is -0.324 e. The maximum Gasteiger partial charge on any atom is 0.325 e. The van der Waals surface area contributed by atoms with E-state index in [9.17, 15) is 14.4 Å². The van der Waals surface area contributed by atoms with Gasteiger partial charge in [-0.2, -0.15) is 5.26 Å². The van der Waals surface area contributed by atoms with Crippen molar-refractivity contribution in [3.05, 3.63) is 51.7 Å². The van der Waals surface area contributed by atoms with Crippen LogP contribution in [-0.4, -0.2) is 29.3 Å². The zero-order valence-corrected chi connectivity index (χ0v) is 15.1. The van der Waals surface area contributed by atoms with Crippen LogP contribution in [0, 0.1) is 11.3 Å². The molecule has 2 heterocycles. The van der Waals surface area contributed by atoms with E-state index < -0.39 is 17.5 Å². The average molecular weight is 380 g/mol. The highest BCUT2D eigenvalue weighted by Crippen LogP contribution is 2.42. The number of nitrogens with one attached hydrogen (secondary N) is 2. The van der Waals surface area contributed by atoms with Gasteiger partial charge < -0.3 is 10.6 Å². The maximum atomic E-state index is 13.1. The Morgan fingerprint density at radius 1 is 1.37 bits per heavy atom. The number of rotatable bonds is 3. The third-order valence-corrected chi connectivity index (χ3v) is 5.89. The van der Waals surface area contributed by atoms with Gasteiger partial charge in [0.15, 0.2) is 0 Å². The number of urea groups is 1. The van der Waals surface area contributed by atoms with Gasteiger partial charge in [0, 0.05) is 16.1 Å². The molecule has 1 aliphatic carbocycles. The van der Waals surface area contributed by atoms with E-state index >= 15 is 0 Å². The van der Waals surface area contributed by atoms with E-state index in [1.54, 1.807) is 29.5 Å². The summed E-state index contributed by atoms with van der Waals surface area (Å²) in [6.45, 7) is -0.372. The van der Waals surface area contributed by atoms with Gasteiger partial charge in [-0.3, -0.25) is 14.5 Å². The molecule has 27 heavy (non-hydrogen) atoms. The molecule has 0 bridgehead atoms. The monoisotopic (exact) mass is 380 g/mol. The van der Waals surface area contributed by atoms with Crippen molar-refractivity contribution in [3.8, 4) is 6.07 Å². The zero-order valence-electron chi connectivity index (χ0n) is 14.3. The average Bonchev–Trinajstić information content (AvgIpc) is 3.23. The predicted octanol–water partition coefficient (Wildman–Crippen LogP) is 2.34. The van der Waals surface area contributed by atoms with Crippen molar-refractivity contribution >= 4 is 34.9 Å². The van der Waals surface area contributed by atoms with Gasteiger partial charge in [-0.05, 0) is 48.9 Å². The molecule has 4 rings (SSSR count). The minimum atomic E-state index is -1.05. The van der Waals surface area contributed by atoms with Crippen LogP contribution in [0.3, 0.4) is 0 Å². The Morgan fingerprint density at radius 2 is 2.22 bits per heavy atom. The minimum absolute atomic E-state index is 0.372. The van der Waals surface area contributed by atoms with E-state index in [2.05, 4.69) is 10.6 Å². The summed E-state index contributed by atoms with van der Waals surface area (Å²) < 4.78 is 0. The molecule has 1 spiro atoms. The van der Waals surface area contributed by atoms with Crippen molar-refractivity contribution < 1.29 is 14.4 Å². The molecule has 2 aromatic rings. The molecule has 0 saturated carbocycles. The fourth-order valence-electron chi connectivity index (χ4n) is 3.70.